The number of carboxylic acid groups (broad SMARTS) is 1. The minimum absolute atomic E-state index is 0.170. The van der Waals surface area contributed by atoms with Crippen LogP contribution in [0.5, 0.6) is 0 Å². The third-order valence-corrected chi connectivity index (χ3v) is 4.57. The van der Waals surface area contributed by atoms with Gasteiger partial charge >= 0.3 is 5.97 Å². The van der Waals surface area contributed by atoms with E-state index in [2.05, 4.69) is 11.4 Å². The Morgan fingerprint density at radius 2 is 2.00 bits per heavy atom. The van der Waals surface area contributed by atoms with Gasteiger partial charge in [-0.05, 0) is 17.9 Å². The van der Waals surface area contributed by atoms with Gasteiger partial charge in [-0.2, -0.15) is 5.26 Å². The van der Waals surface area contributed by atoms with E-state index in [1.165, 1.54) is 18.7 Å². The van der Waals surface area contributed by atoms with Crippen molar-refractivity contribution in [2.75, 3.05) is 11.5 Å². The molecule has 1 unspecified atom stereocenters. The molecule has 7 heteroatoms. The first-order chi connectivity index (χ1) is 9.99. The summed E-state index contributed by atoms with van der Waals surface area (Å²) in [5.41, 5.74) is 0.557. The van der Waals surface area contributed by atoms with Crippen LogP contribution in [-0.2, 0) is 9.59 Å². The van der Waals surface area contributed by atoms with Crippen molar-refractivity contribution in [3.8, 4) is 6.07 Å². The number of carboxylic acids is 1. The van der Waals surface area contributed by atoms with Gasteiger partial charge in [-0.1, -0.05) is 13.0 Å². The molecule has 0 spiro atoms. The van der Waals surface area contributed by atoms with Crippen molar-refractivity contribution in [1.82, 2.24) is 5.32 Å². The fraction of sp³-hybridized carbons (Fsp3) is 0.357. The van der Waals surface area contributed by atoms with E-state index in [0.717, 1.165) is 15.5 Å². The Labute approximate surface area is 132 Å². The second-order valence-corrected chi connectivity index (χ2v) is 6.44. The van der Waals surface area contributed by atoms with Crippen molar-refractivity contribution in [3.05, 3.63) is 23.8 Å². The van der Waals surface area contributed by atoms with E-state index in [1.807, 2.05) is 19.1 Å². The Hall–Kier alpha value is -1.65. The number of amides is 1. The maximum atomic E-state index is 11.1. The second kappa shape index (κ2) is 8.60. The molecule has 21 heavy (non-hydrogen) atoms. The van der Waals surface area contributed by atoms with Crippen LogP contribution in [0, 0.1) is 11.3 Å². The van der Waals surface area contributed by atoms with Gasteiger partial charge in [0.15, 0.2) is 0 Å². The van der Waals surface area contributed by atoms with E-state index in [9.17, 15) is 14.9 Å². The molecule has 0 aliphatic heterocycles. The van der Waals surface area contributed by atoms with Crippen LogP contribution in [0.3, 0.4) is 0 Å². The van der Waals surface area contributed by atoms with Crippen molar-refractivity contribution in [3.63, 3.8) is 0 Å². The van der Waals surface area contributed by atoms with Gasteiger partial charge in [0.05, 0.1) is 5.56 Å². The van der Waals surface area contributed by atoms with E-state index in [4.69, 9.17) is 5.11 Å². The SMILES string of the molecule is CCSc1cccc(SCC(NC(C)=O)C(=O)O)c1C#N. The number of aliphatic carboxylic acids is 1. The molecule has 1 atom stereocenters. The molecule has 0 bridgehead atoms. The standard InChI is InChI=1S/C14H16N2O3S2/c1-3-20-12-5-4-6-13(10(12)7-15)21-8-11(14(18)19)16-9(2)17/h4-6,11H,3,8H2,1-2H3,(H,16,17)(H,18,19). The fourth-order valence-corrected chi connectivity index (χ4v) is 3.51. The lowest BCUT2D eigenvalue weighted by Gasteiger charge is -2.14. The minimum Gasteiger partial charge on any atom is -0.480 e. The number of benzene rings is 1. The van der Waals surface area contributed by atoms with Crippen molar-refractivity contribution in [2.24, 2.45) is 0 Å². The maximum absolute atomic E-state index is 11.1. The van der Waals surface area contributed by atoms with Gasteiger partial charge in [-0.25, -0.2) is 4.79 Å². The van der Waals surface area contributed by atoms with Crippen LogP contribution in [0.2, 0.25) is 0 Å². The molecule has 112 valence electrons. The Kier molecular flexibility index (Phi) is 7.12. The second-order valence-electron chi connectivity index (χ2n) is 4.08. The molecule has 1 amide bonds. The largest absolute Gasteiger partial charge is 0.480 e. The summed E-state index contributed by atoms with van der Waals surface area (Å²) < 4.78 is 0. The third kappa shape index (κ3) is 5.33. The van der Waals surface area contributed by atoms with E-state index < -0.39 is 17.9 Å². The molecule has 5 nitrogen and oxygen atoms in total. The van der Waals surface area contributed by atoms with E-state index in [0.29, 0.717) is 5.56 Å². The van der Waals surface area contributed by atoms with Crippen LogP contribution in [0.25, 0.3) is 0 Å². The third-order valence-electron chi connectivity index (χ3n) is 2.48. The Bertz CT molecular complexity index is 570. The first-order valence-corrected chi connectivity index (χ1v) is 8.25. The number of hydrogen-bond acceptors (Lipinski definition) is 5. The first kappa shape index (κ1) is 17.4. The van der Waals surface area contributed by atoms with Gasteiger partial charge in [0.1, 0.15) is 12.1 Å². The van der Waals surface area contributed by atoms with Crippen molar-refractivity contribution < 1.29 is 14.7 Å². The summed E-state index contributed by atoms with van der Waals surface area (Å²) in [7, 11) is 0. The highest BCUT2D eigenvalue weighted by Crippen LogP contribution is 2.31. The molecule has 1 rings (SSSR count). The summed E-state index contributed by atoms with van der Waals surface area (Å²) in [6.07, 6.45) is 0. The molecule has 0 aromatic heterocycles. The summed E-state index contributed by atoms with van der Waals surface area (Å²) in [6, 6.07) is 6.70. The van der Waals surface area contributed by atoms with Gasteiger partial charge in [-0.15, -0.1) is 23.5 Å². The number of nitrogens with one attached hydrogen (secondary N) is 1. The average molecular weight is 324 g/mol. The predicted octanol–water partition coefficient (Wildman–Crippen LogP) is 2.35. The molecule has 0 saturated carbocycles. The summed E-state index contributed by atoms with van der Waals surface area (Å²) in [6.45, 7) is 3.28. The molecule has 0 radical (unpaired) electrons. The normalized spacial score (nSPS) is 11.5. The molecule has 0 heterocycles. The summed E-state index contributed by atoms with van der Waals surface area (Å²) >= 11 is 2.83. The zero-order valence-electron chi connectivity index (χ0n) is 11.8. The molecule has 0 saturated heterocycles. The molecule has 0 fully saturated rings. The lowest BCUT2D eigenvalue weighted by atomic mass is 10.2. The Morgan fingerprint density at radius 3 is 2.48 bits per heavy atom. The number of carbonyl (C=O) groups is 2. The smallest absolute Gasteiger partial charge is 0.327 e. The van der Waals surface area contributed by atoms with Gasteiger partial charge in [-0.3, -0.25) is 4.79 Å². The van der Waals surface area contributed by atoms with Crippen LogP contribution < -0.4 is 5.32 Å². The fourth-order valence-electron chi connectivity index (χ4n) is 1.61. The Morgan fingerprint density at radius 1 is 1.38 bits per heavy atom. The molecule has 1 aromatic carbocycles. The average Bonchev–Trinajstić information content (AvgIpc) is 2.43. The molecule has 2 N–H and O–H groups in total. The molecular weight excluding hydrogens is 308 g/mol. The molecule has 0 aliphatic carbocycles. The highest BCUT2D eigenvalue weighted by atomic mass is 32.2. The quantitative estimate of drug-likeness (QED) is 0.748. The van der Waals surface area contributed by atoms with Crippen LogP contribution in [0.4, 0.5) is 0 Å². The van der Waals surface area contributed by atoms with Gasteiger partial charge in [0, 0.05) is 22.5 Å². The zero-order valence-corrected chi connectivity index (χ0v) is 13.4. The first-order valence-electron chi connectivity index (χ1n) is 6.28. The zero-order chi connectivity index (χ0) is 15.8. The number of rotatable bonds is 7. The van der Waals surface area contributed by atoms with Crippen LogP contribution in [-0.4, -0.2) is 34.5 Å². The van der Waals surface area contributed by atoms with Crippen LogP contribution in [0.15, 0.2) is 28.0 Å². The van der Waals surface area contributed by atoms with E-state index >= 15 is 0 Å². The topological polar surface area (TPSA) is 90.2 Å². The number of carbonyl (C=O) groups excluding carboxylic acids is 1. The number of nitriles is 1. The van der Waals surface area contributed by atoms with Crippen molar-refractivity contribution in [2.45, 2.75) is 29.7 Å². The van der Waals surface area contributed by atoms with Crippen molar-refractivity contribution in [1.29, 1.82) is 5.26 Å². The maximum Gasteiger partial charge on any atom is 0.327 e. The minimum atomic E-state index is -1.09. The highest BCUT2D eigenvalue weighted by molar-refractivity contribution is 8.00. The van der Waals surface area contributed by atoms with E-state index in [-0.39, 0.29) is 5.75 Å². The van der Waals surface area contributed by atoms with Crippen LogP contribution in [0.1, 0.15) is 19.4 Å². The van der Waals surface area contributed by atoms with E-state index in [1.54, 1.807) is 17.8 Å². The number of thioether (sulfide) groups is 2. The molecular formula is C14H16N2O3S2. The Balaban J connectivity index is 2.87. The summed E-state index contributed by atoms with van der Waals surface area (Å²) in [4.78, 5) is 23.7. The number of hydrogen-bond donors (Lipinski definition) is 2. The van der Waals surface area contributed by atoms with Gasteiger partial charge < -0.3 is 10.4 Å². The lowest BCUT2D eigenvalue weighted by molar-refractivity contribution is -0.140. The lowest BCUT2D eigenvalue weighted by Crippen LogP contribution is -2.41. The van der Waals surface area contributed by atoms with Gasteiger partial charge in [0.25, 0.3) is 0 Å². The summed E-state index contributed by atoms with van der Waals surface area (Å²) in [5.74, 6) is -0.454. The monoisotopic (exact) mass is 324 g/mol. The molecule has 1 aromatic rings. The highest BCUT2D eigenvalue weighted by Gasteiger charge is 2.19. The summed E-state index contributed by atoms with van der Waals surface area (Å²) in [5, 5.41) is 20.7. The van der Waals surface area contributed by atoms with Crippen molar-refractivity contribution >= 4 is 35.4 Å². The number of nitrogens with zero attached hydrogens (tertiary/aromatic N) is 1. The van der Waals surface area contributed by atoms with Gasteiger partial charge in [0.2, 0.25) is 5.91 Å². The molecule has 0 aliphatic rings. The van der Waals surface area contributed by atoms with Crippen LogP contribution >= 0.6 is 23.5 Å². The predicted molar refractivity (Wildman–Crippen MR) is 83.5 cm³/mol.